The van der Waals surface area contributed by atoms with Crippen molar-refractivity contribution in [2.45, 2.75) is 19.4 Å². The van der Waals surface area contributed by atoms with Crippen molar-refractivity contribution in [3.63, 3.8) is 0 Å². The molecule has 1 aliphatic rings. The minimum absolute atomic E-state index is 0.144. The summed E-state index contributed by atoms with van der Waals surface area (Å²) in [5.41, 5.74) is 5.01. The number of hydrogen-bond acceptors (Lipinski definition) is 4. The molecule has 0 spiro atoms. The van der Waals surface area contributed by atoms with Crippen molar-refractivity contribution in [2.75, 3.05) is 6.54 Å². The molecule has 2 aromatic heterocycles. The van der Waals surface area contributed by atoms with Crippen LogP contribution in [-0.4, -0.2) is 22.5 Å². The summed E-state index contributed by atoms with van der Waals surface area (Å²) in [7, 11) is 0. The van der Waals surface area contributed by atoms with Crippen molar-refractivity contribution < 1.29 is 13.7 Å². The SMILES string of the molecule is Cc1ccccc1C1c2ccccc2CCN1C(=O)c1cc(-c2ccco2)on1. The second kappa shape index (κ2) is 7.09. The smallest absolute Gasteiger partial charge is 0.276 e. The molecule has 144 valence electrons. The van der Waals surface area contributed by atoms with E-state index >= 15 is 0 Å². The van der Waals surface area contributed by atoms with Gasteiger partial charge in [-0.2, -0.15) is 0 Å². The van der Waals surface area contributed by atoms with Crippen LogP contribution >= 0.6 is 0 Å². The molecule has 5 heteroatoms. The third-order valence-electron chi connectivity index (χ3n) is 5.52. The Bertz CT molecular complexity index is 1160. The van der Waals surface area contributed by atoms with Crippen LogP contribution in [0.5, 0.6) is 0 Å². The monoisotopic (exact) mass is 384 g/mol. The van der Waals surface area contributed by atoms with Gasteiger partial charge in [0.25, 0.3) is 5.91 Å². The van der Waals surface area contributed by atoms with Gasteiger partial charge in [-0.05, 0) is 47.7 Å². The van der Waals surface area contributed by atoms with Crippen LogP contribution < -0.4 is 0 Å². The number of rotatable bonds is 3. The van der Waals surface area contributed by atoms with Crippen molar-refractivity contribution in [3.8, 4) is 11.5 Å². The highest BCUT2D eigenvalue weighted by molar-refractivity contribution is 5.93. The number of carbonyl (C=O) groups excluding carboxylic acids is 1. The van der Waals surface area contributed by atoms with Gasteiger partial charge < -0.3 is 13.8 Å². The lowest BCUT2D eigenvalue weighted by Crippen LogP contribution is -2.41. The molecule has 0 saturated heterocycles. The summed E-state index contributed by atoms with van der Waals surface area (Å²) in [6, 6.07) is 21.6. The van der Waals surface area contributed by atoms with E-state index < -0.39 is 0 Å². The van der Waals surface area contributed by atoms with Crippen molar-refractivity contribution in [2.24, 2.45) is 0 Å². The van der Waals surface area contributed by atoms with E-state index in [0.717, 1.165) is 23.1 Å². The van der Waals surface area contributed by atoms with Gasteiger partial charge in [-0.15, -0.1) is 0 Å². The van der Waals surface area contributed by atoms with Gasteiger partial charge in [-0.1, -0.05) is 53.7 Å². The average molecular weight is 384 g/mol. The van der Waals surface area contributed by atoms with Crippen LogP contribution in [0.3, 0.4) is 0 Å². The zero-order chi connectivity index (χ0) is 19.8. The highest BCUT2D eigenvalue weighted by Gasteiger charge is 2.34. The first-order valence-corrected chi connectivity index (χ1v) is 9.67. The second-order valence-electron chi connectivity index (χ2n) is 7.26. The van der Waals surface area contributed by atoms with Crippen LogP contribution in [0.2, 0.25) is 0 Å². The van der Waals surface area contributed by atoms with E-state index in [1.807, 2.05) is 23.1 Å². The molecule has 5 rings (SSSR count). The third kappa shape index (κ3) is 3.05. The Kier molecular flexibility index (Phi) is 4.28. The van der Waals surface area contributed by atoms with Crippen molar-refractivity contribution in [1.82, 2.24) is 10.1 Å². The number of amides is 1. The quantitative estimate of drug-likeness (QED) is 0.497. The average Bonchev–Trinajstić information content (AvgIpc) is 3.45. The number of fused-ring (bicyclic) bond motifs is 1. The molecular formula is C24H20N2O3. The highest BCUT2D eigenvalue weighted by atomic mass is 16.5. The summed E-state index contributed by atoms with van der Waals surface area (Å²) in [4.78, 5) is 15.4. The molecule has 0 saturated carbocycles. The molecule has 0 radical (unpaired) electrons. The van der Waals surface area contributed by atoms with Gasteiger partial charge in [0.2, 0.25) is 5.76 Å². The predicted octanol–water partition coefficient (Wildman–Crippen LogP) is 5.03. The van der Waals surface area contributed by atoms with Crippen LogP contribution in [0.4, 0.5) is 0 Å². The molecule has 3 heterocycles. The summed E-state index contributed by atoms with van der Waals surface area (Å²) in [6.07, 6.45) is 2.38. The molecule has 1 unspecified atom stereocenters. The molecule has 2 aromatic carbocycles. The maximum Gasteiger partial charge on any atom is 0.276 e. The van der Waals surface area contributed by atoms with Crippen molar-refractivity contribution in [3.05, 3.63) is 101 Å². The minimum Gasteiger partial charge on any atom is -0.461 e. The molecule has 1 amide bonds. The zero-order valence-corrected chi connectivity index (χ0v) is 16.0. The van der Waals surface area contributed by atoms with Crippen LogP contribution in [-0.2, 0) is 6.42 Å². The molecule has 5 nitrogen and oxygen atoms in total. The number of nitrogens with zero attached hydrogens (tertiary/aromatic N) is 2. The minimum atomic E-state index is -0.155. The lowest BCUT2D eigenvalue weighted by molar-refractivity contribution is 0.0683. The lowest BCUT2D eigenvalue weighted by atomic mass is 9.86. The van der Waals surface area contributed by atoms with E-state index in [1.165, 1.54) is 5.56 Å². The van der Waals surface area contributed by atoms with Crippen LogP contribution in [0, 0.1) is 6.92 Å². The molecule has 0 bridgehead atoms. The largest absolute Gasteiger partial charge is 0.461 e. The lowest BCUT2D eigenvalue weighted by Gasteiger charge is -2.38. The molecule has 0 aliphatic carbocycles. The normalized spacial score (nSPS) is 15.9. The molecule has 4 aromatic rings. The van der Waals surface area contributed by atoms with Crippen LogP contribution in [0.25, 0.3) is 11.5 Å². The van der Waals surface area contributed by atoms with Gasteiger partial charge >= 0.3 is 0 Å². The maximum atomic E-state index is 13.5. The molecule has 0 N–H and O–H groups in total. The zero-order valence-electron chi connectivity index (χ0n) is 16.0. The molecule has 1 atom stereocenters. The predicted molar refractivity (Wildman–Crippen MR) is 108 cm³/mol. The maximum absolute atomic E-state index is 13.5. The Morgan fingerprint density at radius 3 is 2.59 bits per heavy atom. The van der Waals surface area contributed by atoms with Crippen LogP contribution in [0.15, 0.2) is 81.9 Å². The number of benzene rings is 2. The second-order valence-corrected chi connectivity index (χ2v) is 7.26. The number of hydrogen-bond donors (Lipinski definition) is 0. The number of aryl methyl sites for hydroxylation is 1. The van der Waals surface area contributed by atoms with E-state index in [9.17, 15) is 4.79 Å². The van der Waals surface area contributed by atoms with E-state index in [2.05, 4.69) is 42.4 Å². The van der Waals surface area contributed by atoms with Crippen molar-refractivity contribution >= 4 is 5.91 Å². The fourth-order valence-electron chi connectivity index (χ4n) is 4.07. The summed E-state index contributed by atoms with van der Waals surface area (Å²) in [6.45, 7) is 2.71. The summed E-state index contributed by atoms with van der Waals surface area (Å²) < 4.78 is 10.7. The first kappa shape index (κ1) is 17.5. The van der Waals surface area contributed by atoms with Gasteiger partial charge in [0, 0.05) is 12.6 Å². The van der Waals surface area contributed by atoms with E-state index in [-0.39, 0.29) is 17.6 Å². The van der Waals surface area contributed by atoms with Crippen LogP contribution in [0.1, 0.15) is 38.8 Å². The Morgan fingerprint density at radius 2 is 1.79 bits per heavy atom. The number of furan rings is 1. The highest BCUT2D eigenvalue weighted by Crippen LogP contribution is 2.37. The van der Waals surface area contributed by atoms with Gasteiger partial charge in [-0.3, -0.25) is 4.79 Å². The third-order valence-corrected chi connectivity index (χ3v) is 5.52. The summed E-state index contributed by atoms with van der Waals surface area (Å²) in [5, 5.41) is 4.03. The van der Waals surface area contributed by atoms with E-state index in [4.69, 9.17) is 8.94 Å². The first-order valence-electron chi connectivity index (χ1n) is 9.67. The first-order chi connectivity index (χ1) is 14.2. The fourth-order valence-corrected chi connectivity index (χ4v) is 4.07. The van der Waals surface area contributed by atoms with E-state index in [1.54, 1.807) is 24.5 Å². The number of aromatic nitrogens is 1. The Labute approximate surface area is 168 Å². The van der Waals surface area contributed by atoms with Gasteiger partial charge in [0.05, 0.1) is 12.3 Å². The Hall–Kier alpha value is -3.60. The van der Waals surface area contributed by atoms with E-state index in [0.29, 0.717) is 18.1 Å². The molecule has 0 fully saturated rings. The number of carbonyl (C=O) groups is 1. The van der Waals surface area contributed by atoms with Crippen molar-refractivity contribution in [1.29, 1.82) is 0 Å². The summed E-state index contributed by atoms with van der Waals surface area (Å²) in [5.74, 6) is 0.855. The van der Waals surface area contributed by atoms with Gasteiger partial charge in [0.1, 0.15) is 0 Å². The Morgan fingerprint density at radius 1 is 1.00 bits per heavy atom. The summed E-state index contributed by atoms with van der Waals surface area (Å²) >= 11 is 0. The Balaban J connectivity index is 1.56. The van der Waals surface area contributed by atoms with Gasteiger partial charge in [0.15, 0.2) is 11.5 Å². The topological polar surface area (TPSA) is 59.5 Å². The fraction of sp³-hybridized carbons (Fsp3) is 0.167. The molecule has 29 heavy (non-hydrogen) atoms. The molecular weight excluding hydrogens is 364 g/mol. The van der Waals surface area contributed by atoms with Gasteiger partial charge in [-0.25, -0.2) is 0 Å². The standard InChI is InChI=1S/C24H20N2O3/c1-16-7-2-4-9-18(16)23-19-10-5-3-8-17(19)12-13-26(23)24(27)20-15-22(29-25-20)21-11-6-14-28-21/h2-11,14-15,23H,12-13H2,1H3. The molecule has 1 aliphatic heterocycles.